The van der Waals surface area contributed by atoms with Gasteiger partial charge in [-0.1, -0.05) is 12.1 Å². The number of esters is 1. The molecule has 2 aliphatic rings. The SMILES string of the molecule is COC(=O)[C@H]1CCCN1C(=O)C1=C[C@@H](NC(=O)Nc2ccccc2Br)[C@@H](OC(=O)NCCCl)[C@H](OC(=O)NCCCl)C1. The molecule has 3 rings (SSSR count). The number of hydrogen-bond acceptors (Lipinski definition) is 8. The van der Waals surface area contributed by atoms with Gasteiger partial charge < -0.3 is 40.4 Å². The molecule has 1 aliphatic carbocycles. The van der Waals surface area contributed by atoms with Crippen molar-refractivity contribution >= 4 is 74.9 Å². The number of methoxy groups -OCH3 is 1. The Balaban J connectivity index is 1.95. The first-order valence-electron chi connectivity index (χ1n) is 13.1. The summed E-state index contributed by atoms with van der Waals surface area (Å²) in [5.74, 6) is -0.814. The van der Waals surface area contributed by atoms with Gasteiger partial charge in [-0.2, -0.15) is 0 Å². The number of benzene rings is 1. The molecule has 0 unspecified atom stereocenters. The van der Waals surface area contributed by atoms with Gasteiger partial charge in [-0.25, -0.2) is 19.2 Å². The van der Waals surface area contributed by atoms with Gasteiger partial charge in [0.2, 0.25) is 5.91 Å². The van der Waals surface area contributed by atoms with Crippen LogP contribution in [0.4, 0.5) is 20.1 Å². The third-order valence-corrected chi connectivity index (χ3v) is 7.50. The molecule has 230 valence electrons. The smallest absolute Gasteiger partial charge is 0.407 e. The molecule has 4 atom stereocenters. The highest BCUT2D eigenvalue weighted by atomic mass is 79.9. The number of hydrogen-bond donors (Lipinski definition) is 4. The zero-order chi connectivity index (χ0) is 30.6. The van der Waals surface area contributed by atoms with Crippen LogP contribution in [-0.2, 0) is 23.8 Å². The number of carbonyl (C=O) groups excluding carboxylic acids is 5. The average Bonchev–Trinajstić information content (AvgIpc) is 3.47. The summed E-state index contributed by atoms with van der Waals surface area (Å²) < 4.78 is 16.6. The summed E-state index contributed by atoms with van der Waals surface area (Å²) in [4.78, 5) is 65.6. The summed E-state index contributed by atoms with van der Waals surface area (Å²) in [6.45, 7) is 0.499. The molecule has 0 radical (unpaired) electrons. The van der Waals surface area contributed by atoms with Gasteiger partial charge in [-0.05, 0) is 47.0 Å². The highest BCUT2D eigenvalue weighted by Gasteiger charge is 2.44. The minimum absolute atomic E-state index is 0.0961. The van der Waals surface area contributed by atoms with Crippen LogP contribution < -0.4 is 21.3 Å². The molecule has 42 heavy (non-hydrogen) atoms. The van der Waals surface area contributed by atoms with Gasteiger partial charge in [0.05, 0.1) is 18.8 Å². The fourth-order valence-corrected chi connectivity index (χ4v) is 5.15. The second-order valence-electron chi connectivity index (χ2n) is 9.23. The highest BCUT2D eigenvalue weighted by molar-refractivity contribution is 9.10. The number of para-hydroxylation sites is 1. The van der Waals surface area contributed by atoms with Gasteiger partial charge in [0.15, 0.2) is 6.10 Å². The van der Waals surface area contributed by atoms with Crippen molar-refractivity contribution < 1.29 is 38.2 Å². The van der Waals surface area contributed by atoms with Gasteiger partial charge in [-0.15, -0.1) is 23.2 Å². The quantitative estimate of drug-likeness (QED) is 0.165. The van der Waals surface area contributed by atoms with Gasteiger partial charge in [-0.3, -0.25) is 4.79 Å². The van der Waals surface area contributed by atoms with Crippen LogP contribution in [0.5, 0.6) is 0 Å². The second kappa shape index (κ2) is 16.4. The molecular weight excluding hydrogens is 661 g/mol. The van der Waals surface area contributed by atoms with Crippen molar-refractivity contribution in [3.05, 3.63) is 40.4 Å². The van der Waals surface area contributed by atoms with E-state index in [1.54, 1.807) is 24.3 Å². The number of likely N-dealkylation sites (tertiary alicyclic amines) is 1. The number of nitrogens with one attached hydrogen (secondary N) is 4. The molecule has 1 aliphatic heterocycles. The van der Waals surface area contributed by atoms with E-state index < -0.39 is 54.4 Å². The Labute approximate surface area is 261 Å². The Kier molecular flexibility index (Phi) is 13.0. The van der Waals surface area contributed by atoms with Crippen molar-refractivity contribution in [3.63, 3.8) is 0 Å². The van der Waals surface area contributed by atoms with Gasteiger partial charge in [0, 0.05) is 47.9 Å². The Bertz CT molecular complexity index is 1190. The third kappa shape index (κ3) is 9.13. The summed E-state index contributed by atoms with van der Waals surface area (Å²) in [5.41, 5.74) is 0.600. The van der Waals surface area contributed by atoms with Crippen LogP contribution in [0.3, 0.4) is 0 Å². The van der Waals surface area contributed by atoms with Crippen LogP contribution in [0.15, 0.2) is 40.4 Å². The maximum Gasteiger partial charge on any atom is 0.407 e. The molecule has 0 bridgehead atoms. The Morgan fingerprint density at radius 1 is 1.02 bits per heavy atom. The maximum atomic E-state index is 13.7. The number of nitrogens with zero attached hydrogens (tertiary/aromatic N) is 1. The predicted molar refractivity (Wildman–Crippen MR) is 158 cm³/mol. The van der Waals surface area contributed by atoms with Crippen molar-refractivity contribution in [2.24, 2.45) is 0 Å². The van der Waals surface area contributed by atoms with Crippen LogP contribution in [0.2, 0.25) is 0 Å². The second-order valence-corrected chi connectivity index (χ2v) is 10.8. The van der Waals surface area contributed by atoms with Crippen LogP contribution >= 0.6 is 39.1 Å². The molecule has 1 fully saturated rings. The van der Waals surface area contributed by atoms with Crippen molar-refractivity contribution in [1.29, 1.82) is 0 Å². The van der Waals surface area contributed by atoms with E-state index in [-0.39, 0.29) is 36.8 Å². The number of alkyl carbamates (subject to hydrolysis) is 2. The fourth-order valence-electron chi connectivity index (χ4n) is 4.57. The van der Waals surface area contributed by atoms with E-state index in [9.17, 15) is 24.0 Å². The lowest BCUT2D eigenvalue weighted by Crippen LogP contribution is -2.56. The van der Waals surface area contributed by atoms with Crippen LogP contribution in [-0.4, -0.2) is 97.8 Å². The molecule has 1 saturated heterocycles. The van der Waals surface area contributed by atoms with Crippen molar-refractivity contribution in [2.75, 3.05) is 43.8 Å². The Hall–Kier alpha value is -3.23. The molecule has 16 heteroatoms. The Morgan fingerprint density at radius 3 is 2.33 bits per heavy atom. The van der Waals surface area contributed by atoms with Crippen LogP contribution in [0.25, 0.3) is 0 Å². The number of urea groups is 1. The molecule has 0 aromatic heterocycles. The van der Waals surface area contributed by atoms with E-state index >= 15 is 0 Å². The van der Waals surface area contributed by atoms with Crippen LogP contribution in [0.1, 0.15) is 19.3 Å². The standard InChI is InChI=1S/C26H32BrCl2N5O8/c1-40-23(36)19-7-4-12-34(19)22(35)15-13-18(33-24(37)32-17-6-3-2-5-16(17)27)21(42-26(39)31-11-9-29)20(14-15)41-25(38)30-10-8-28/h2-3,5-6,13,18-21H,4,7-12,14H2,1H3,(H,30,38)(H,31,39)(H2,32,33,37)/t18-,19-,20-,21-/m1/s1. The van der Waals surface area contributed by atoms with E-state index in [1.165, 1.54) is 18.1 Å². The third-order valence-electron chi connectivity index (χ3n) is 6.43. The Morgan fingerprint density at radius 2 is 1.69 bits per heavy atom. The molecule has 1 aromatic carbocycles. The number of amides is 5. The summed E-state index contributed by atoms with van der Waals surface area (Å²) in [6, 6.07) is 4.29. The summed E-state index contributed by atoms with van der Waals surface area (Å²) >= 11 is 14.7. The first-order valence-corrected chi connectivity index (χ1v) is 15.0. The molecule has 0 saturated carbocycles. The number of halogens is 3. The van der Waals surface area contributed by atoms with E-state index in [1.807, 2.05) is 0 Å². The average molecular weight is 693 g/mol. The number of ether oxygens (including phenoxy) is 3. The van der Waals surface area contributed by atoms with Crippen molar-refractivity contribution in [1.82, 2.24) is 20.9 Å². The molecule has 4 N–H and O–H groups in total. The summed E-state index contributed by atoms with van der Waals surface area (Å²) in [6.07, 6.45) is -1.93. The first-order chi connectivity index (χ1) is 20.2. The van der Waals surface area contributed by atoms with Gasteiger partial charge in [0.1, 0.15) is 12.1 Å². The normalized spacial score (nSPS) is 21.4. The predicted octanol–water partition coefficient (Wildman–Crippen LogP) is 3.10. The topological polar surface area (TPSA) is 164 Å². The molecule has 0 spiro atoms. The van der Waals surface area contributed by atoms with E-state index in [4.69, 9.17) is 37.4 Å². The largest absolute Gasteiger partial charge is 0.467 e. The van der Waals surface area contributed by atoms with Gasteiger partial charge >= 0.3 is 24.2 Å². The number of rotatable bonds is 10. The van der Waals surface area contributed by atoms with E-state index in [0.717, 1.165) is 0 Å². The minimum Gasteiger partial charge on any atom is -0.467 e. The van der Waals surface area contributed by atoms with Gasteiger partial charge in [0.25, 0.3) is 0 Å². The number of anilines is 1. The number of alkyl halides is 2. The molecule has 1 aromatic rings. The molecule has 5 amide bonds. The maximum absolute atomic E-state index is 13.7. The van der Waals surface area contributed by atoms with E-state index in [0.29, 0.717) is 29.5 Å². The first kappa shape index (κ1) is 33.3. The fraction of sp³-hybridized carbons (Fsp3) is 0.500. The summed E-state index contributed by atoms with van der Waals surface area (Å²) in [7, 11) is 1.24. The molecule has 13 nitrogen and oxygen atoms in total. The zero-order valence-electron chi connectivity index (χ0n) is 22.7. The lowest BCUT2D eigenvalue weighted by molar-refractivity contribution is -0.150. The highest BCUT2D eigenvalue weighted by Crippen LogP contribution is 2.30. The lowest BCUT2D eigenvalue weighted by atomic mass is 9.89. The molecule has 1 heterocycles. The summed E-state index contributed by atoms with van der Waals surface area (Å²) in [5, 5.41) is 10.3. The number of carbonyl (C=O) groups is 5. The molecular formula is C26H32BrCl2N5O8. The minimum atomic E-state index is -1.25. The van der Waals surface area contributed by atoms with Crippen LogP contribution in [0, 0.1) is 0 Å². The van der Waals surface area contributed by atoms with E-state index in [2.05, 4.69) is 37.2 Å². The van der Waals surface area contributed by atoms with Crippen molar-refractivity contribution in [3.8, 4) is 0 Å². The zero-order valence-corrected chi connectivity index (χ0v) is 25.8. The lowest BCUT2D eigenvalue weighted by Gasteiger charge is -2.37. The monoisotopic (exact) mass is 691 g/mol. The van der Waals surface area contributed by atoms with Crippen molar-refractivity contribution in [2.45, 2.75) is 43.6 Å².